The van der Waals surface area contributed by atoms with Crippen molar-refractivity contribution >= 4 is 78.2 Å². The van der Waals surface area contributed by atoms with Gasteiger partial charge in [-0.15, -0.1) is 6.58 Å². The molecule has 15 heteroatoms. The summed E-state index contributed by atoms with van der Waals surface area (Å²) in [5.74, 6) is -3.78. The van der Waals surface area contributed by atoms with Gasteiger partial charge in [-0.3, -0.25) is 23.9 Å². The molecule has 56 heavy (non-hydrogen) atoms. The number of nitrogens with zero attached hydrogens (tertiary/aromatic N) is 2. The lowest BCUT2D eigenvalue weighted by molar-refractivity contribution is -0.161. The van der Waals surface area contributed by atoms with Crippen LogP contribution in [0.3, 0.4) is 0 Å². The number of ether oxygens (including phenoxy) is 2. The zero-order valence-electron chi connectivity index (χ0n) is 32.3. The van der Waals surface area contributed by atoms with Gasteiger partial charge in [0.2, 0.25) is 27.7 Å². The number of halogens is 1. The van der Waals surface area contributed by atoms with E-state index in [0.717, 1.165) is 5.39 Å². The monoisotopic (exact) mass is 806 g/mol. The van der Waals surface area contributed by atoms with Gasteiger partial charge in [0.25, 0.3) is 5.91 Å². The summed E-state index contributed by atoms with van der Waals surface area (Å²) in [6.07, 6.45) is 1.50. The highest BCUT2D eigenvalue weighted by atomic mass is 35.5. The molecule has 3 amide bonds. The van der Waals surface area contributed by atoms with Crippen LogP contribution in [0.4, 0.5) is 0 Å². The lowest BCUT2D eigenvalue weighted by Gasteiger charge is -2.35. The Labute approximate surface area is 330 Å². The Hall–Kier alpha value is -4.69. The molecular formula is C41H47ClN4O9S. The Kier molecular flexibility index (Phi) is 9.92. The van der Waals surface area contributed by atoms with Crippen LogP contribution < -0.4 is 14.8 Å². The summed E-state index contributed by atoms with van der Waals surface area (Å²) in [7, 11) is -3.92. The van der Waals surface area contributed by atoms with E-state index in [2.05, 4.69) is 16.6 Å². The summed E-state index contributed by atoms with van der Waals surface area (Å²) in [5.41, 5.74) is -1.35. The van der Waals surface area contributed by atoms with Gasteiger partial charge < -0.3 is 24.1 Å². The number of esters is 1. The minimum absolute atomic E-state index is 0.00832. The molecule has 0 radical (unpaired) electrons. The number of carbonyl (C=O) groups is 4. The second-order valence-electron chi connectivity index (χ2n) is 17.3. The molecule has 2 aliphatic carbocycles. The van der Waals surface area contributed by atoms with Crippen LogP contribution in [0.1, 0.15) is 73.6 Å². The second kappa shape index (κ2) is 14.0. The minimum Gasteiger partial charge on any atom is -0.472 e. The zero-order valence-corrected chi connectivity index (χ0v) is 33.9. The van der Waals surface area contributed by atoms with E-state index in [1.807, 2.05) is 51.1 Å². The molecule has 2 saturated carbocycles. The summed E-state index contributed by atoms with van der Waals surface area (Å²) < 4.78 is 46.1. The van der Waals surface area contributed by atoms with Gasteiger partial charge in [0.15, 0.2) is 5.58 Å². The fourth-order valence-corrected chi connectivity index (χ4v) is 9.07. The van der Waals surface area contributed by atoms with Gasteiger partial charge in [0.05, 0.1) is 24.1 Å². The first-order valence-electron chi connectivity index (χ1n) is 18.8. The number of rotatable bonds is 11. The SMILES string of the molecule is C=C[C@@H]1C[C@]1(NC(=O)[C@@H]1C[C@@H](Oc2nc3c4ccccc4oc3c3ccc(Cl)cc23)CN1C(=O)[C@@H](CC(=O)OC(C)(C)C)C(C)(C)C)C(=O)NS(=O)(=O)C1CC1. The number of sulfonamides is 1. The summed E-state index contributed by atoms with van der Waals surface area (Å²) in [6, 6.07) is 11.6. The summed E-state index contributed by atoms with van der Waals surface area (Å²) in [6.45, 7) is 14.5. The third kappa shape index (κ3) is 7.69. The number of hydrogen-bond donors (Lipinski definition) is 2. The molecule has 7 rings (SSSR count). The fourth-order valence-electron chi connectivity index (χ4n) is 7.53. The van der Waals surface area contributed by atoms with Gasteiger partial charge in [-0.25, -0.2) is 13.4 Å². The fraction of sp³-hybridized carbons (Fsp3) is 0.488. The number of benzene rings is 2. The Bertz CT molecular complexity index is 2390. The lowest BCUT2D eigenvalue weighted by Crippen LogP contribution is -2.57. The summed E-state index contributed by atoms with van der Waals surface area (Å²) in [4.78, 5) is 62.2. The van der Waals surface area contributed by atoms with Crippen LogP contribution in [0.25, 0.3) is 32.8 Å². The smallest absolute Gasteiger partial charge is 0.307 e. The first-order valence-corrected chi connectivity index (χ1v) is 20.7. The van der Waals surface area contributed by atoms with Crippen molar-refractivity contribution in [3.05, 3.63) is 60.1 Å². The first-order chi connectivity index (χ1) is 26.2. The van der Waals surface area contributed by atoms with Crippen LogP contribution in [0, 0.1) is 17.3 Å². The average molecular weight is 807 g/mol. The third-order valence-corrected chi connectivity index (χ3v) is 12.8. The van der Waals surface area contributed by atoms with Crippen molar-refractivity contribution in [2.45, 2.75) is 102 Å². The number of pyridine rings is 1. The number of furan rings is 1. The quantitative estimate of drug-likeness (QED) is 0.131. The molecule has 5 atom stereocenters. The van der Waals surface area contributed by atoms with E-state index in [4.69, 9.17) is 30.5 Å². The maximum Gasteiger partial charge on any atom is 0.307 e. The van der Waals surface area contributed by atoms with E-state index >= 15 is 0 Å². The van der Waals surface area contributed by atoms with E-state index in [9.17, 15) is 27.6 Å². The largest absolute Gasteiger partial charge is 0.472 e. The average Bonchev–Trinajstić information content (AvgIpc) is 4.01. The number of aromatic nitrogens is 1. The van der Waals surface area contributed by atoms with Gasteiger partial charge in [-0.05, 0) is 75.8 Å². The van der Waals surface area contributed by atoms with Crippen LogP contribution in [0.2, 0.25) is 5.02 Å². The maximum absolute atomic E-state index is 14.7. The Morgan fingerprint density at radius 3 is 2.43 bits per heavy atom. The van der Waals surface area contributed by atoms with E-state index in [1.165, 1.54) is 11.0 Å². The minimum atomic E-state index is -3.92. The number of para-hydroxylation sites is 1. The van der Waals surface area contributed by atoms with Crippen molar-refractivity contribution in [1.29, 1.82) is 0 Å². The number of fused-ring (bicyclic) bond motifs is 5. The molecule has 2 N–H and O–H groups in total. The molecule has 3 aliphatic rings. The molecule has 1 aliphatic heterocycles. The lowest BCUT2D eigenvalue weighted by atomic mass is 9.77. The Balaban J connectivity index is 1.24. The standard InChI is InChI=1S/C41H47ClN4O9S/c1-8-22-20-41(22,38(50)45-56(51,52)25-14-15-25)44-35(48)30-18-24(21-46(30)37(49)29(39(2,3)4)19-32(47)55-40(5,6)7)53-36-28-17-23(42)13-16-26(28)34-33(43-36)27-11-9-10-12-31(27)54-34/h8-13,16-17,22,24-25,29-30H,1,14-15,18-21H2,2-7H3,(H,44,48)(H,45,50)/t22-,24-,29-,30+,41-/m1/s1. The molecule has 298 valence electrons. The van der Waals surface area contributed by atoms with Crippen molar-refractivity contribution in [2.75, 3.05) is 6.54 Å². The van der Waals surface area contributed by atoms with Gasteiger partial charge in [0.1, 0.15) is 34.4 Å². The molecule has 3 fully saturated rings. The van der Waals surface area contributed by atoms with E-state index < -0.39 is 79.5 Å². The van der Waals surface area contributed by atoms with Gasteiger partial charge in [-0.1, -0.05) is 50.6 Å². The van der Waals surface area contributed by atoms with Crippen molar-refractivity contribution < 1.29 is 41.5 Å². The Morgan fingerprint density at radius 2 is 1.79 bits per heavy atom. The third-order valence-electron chi connectivity index (χ3n) is 10.7. The first kappa shape index (κ1) is 39.5. The van der Waals surface area contributed by atoms with E-state index in [-0.39, 0.29) is 31.7 Å². The van der Waals surface area contributed by atoms with Gasteiger partial charge >= 0.3 is 5.97 Å². The van der Waals surface area contributed by atoms with Crippen LogP contribution >= 0.6 is 11.6 Å². The highest BCUT2D eigenvalue weighted by Crippen LogP contribution is 2.46. The van der Waals surface area contributed by atoms with E-state index in [0.29, 0.717) is 45.3 Å². The molecule has 2 aromatic carbocycles. The maximum atomic E-state index is 14.7. The normalized spacial score (nSPS) is 23.2. The van der Waals surface area contributed by atoms with Crippen molar-refractivity contribution in [3.8, 4) is 5.88 Å². The highest BCUT2D eigenvalue weighted by Gasteiger charge is 2.62. The predicted molar refractivity (Wildman–Crippen MR) is 211 cm³/mol. The molecule has 1 saturated heterocycles. The summed E-state index contributed by atoms with van der Waals surface area (Å²) in [5, 5.41) is 4.63. The zero-order chi connectivity index (χ0) is 40.5. The highest BCUT2D eigenvalue weighted by molar-refractivity contribution is 7.91. The number of carbonyl (C=O) groups excluding carboxylic acids is 4. The molecule has 3 heterocycles. The predicted octanol–water partition coefficient (Wildman–Crippen LogP) is 6.20. The van der Waals surface area contributed by atoms with Crippen molar-refractivity contribution in [3.63, 3.8) is 0 Å². The topological polar surface area (TPSA) is 174 Å². The number of amides is 3. The number of likely N-dealkylation sites (tertiary alicyclic amines) is 1. The molecule has 13 nitrogen and oxygen atoms in total. The number of nitrogens with one attached hydrogen (secondary N) is 2. The Morgan fingerprint density at radius 1 is 1.07 bits per heavy atom. The van der Waals surface area contributed by atoms with Gasteiger partial charge in [0, 0.05) is 33.5 Å². The van der Waals surface area contributed by atoms with Crippen LogP contribution in [-0.2, 0) is 33.9 Å². The van der Waals surface area contributed by atoms with Crippen LogP contribution in [0.5, 0.6) is 5.88 Å². The molecule has 2 aromatic heterocycles. The molecule has 0 unspecified atom stereocenters. The number of hydrogen-bond acceptors (Lipinski definition) is 10. The molecule has 0 bridgehead atoms. The van der Waals surface area contributed by atoms with Crippen LogP contribution in [0.15, 0.2) is 59.5 Å². The molecule has 4 aromatic rings. The second-order valence-corrected chi connectivity index (χ2v) is 19.7. The summed E-state index contributed by atoms with van der Waals surface area (Å²) >= 11 is 6.47. The molecular weight excluding hydrogens is 760 g/mol. The van der Waals surface area contributed by atoms with Gasteiger partial charge in [-0.2, -0.15) is 0 Å². The molecule has 0 spiro atoms. The van der Waals surface area contributed by atoms with Crippen molar-refractivity contribution in [1.82, 2.24) is 19.9 Å². The van der Waals surface area contributed by atoms with Crippen molar-refractivity contribution in [2.24, 2.45) is 17.3 Å². The van der Waals surface area contributed by atoms with Crippen LogP contribution in [-0.4, -0.2) is 77.1 Å². The van der Waals surface area contributed by atoms with E-state index in [1.54, 1.807) is 32.9 Å².